The average molecular weight is 309 g/mol. The summed E-state index contributed by atoms with van der Waals surface area (Å²) in [7, 11) is 0.530. The molecule has 0 spiro atoms. The minimum absolute atomic E-state index is 0.296. The second-order valence-electron chi connectivity index (χ2n) is 2.24. The van der Waals surface area contributed by atoms with Gasteiger partial charge in [-0.1, -0.05) is 0 Å². The maximum atomic E-state index is 12.8. The third kappa shape index (κ3) is 2.04. The van der Waals surface area contributed by atoms with Gasteiger partial charge in [-0.05, 0) is 22.0 Å². The lowest BCUT2D eigenvalue weighted by Gasteiger charge is -2.03. The average Bonchev–Trinajstić information content (AvgIpc) is 2.06. The van der Waals surface area contributed by atoms with Crippen LogP contribution in [-0.2, 0) is 9.05 Å². The van der Waals surface area contributed by atoms with Gasteiger partial charge in [-0.2, -0.15) is 0 Å². The van der Waals surface area contributed by atoms with Crippen LogP contribution in [0.1, 0.15) is 0 Å². The Kier molecular flexibility index (Phi) is 3.13. The topological polar surface area (TPSA) is 34.1 Å². The van der Waals surface area contributed by atoms with Crippen molar-refractivity contribution in [3.63, 3.8) is 0 Å². The van der Waals surface area contributed by atoms with Gasteiger partial charge in [0.2, 0.25) is 0 Å². The molecule has 8 heteroatoms. The molecule has 0 aliphatic heterocycles. The zero-order valence-electron chi connectivity index (χ0n) is 6.19. The van der Waals surface area contributed by atoms with E-state index in [4.69, 9.17) is 10.7 Å². The largest absolute Gasteiger partial charge is 0.262 e. The van der Waals surface area contributed by atoms with E-state index >= 15 is 0 Å². The van der Waals surface area contributed by atoms with Gasteiger partial charge in [0.25, 0.3) is 9.05 Å². The van der Waals surface area contributed by atoms with Gasteiger partial charge in [0, 0.05) is 10.7 Å². The Hall–Kier alpha value is -0.270. The molecule has 0 N–H and O–H groups in total. The SMILES string of the molecule is O=S(=O)(Cl)c1cc(F)c(F)c(F)c1Br. The fraction of sp³-hybridized carbons (Fsp3) is 0. The Bertz CT molecular complexity index is 488. The lowest BCUT2D eigenvalue weighted by Crippen LogP contribution is -2.00. The molecule has 14 heavy (non-hydrogen) atoms. The van der Waals surface area contributed by atoms with E-state index in [2.05, 4.69) is 15.9 Å². The highest BCUT2D eigenvalue weighted by molar-refractivity contribution is 9.10. The molecule has 1 aromatic rings. The molecule has 0 fully saturated rings. The first kappa shape index (κ1) is 11.8. The minimum Gasteiger partial charge on any atom is -0.207 e. The minimum atomic E-state index is -4.32. The quantitative estimate of drug-likeness (QED) is 0.454. The van der Waals surface area contributed by atoms with Crippen LogP contribution in [0.5, 0.6) is 0 Å². The summed E-state index contributed by atoms with van der Waals surface area (Å²) in [5.74, 6) is -5.02. The molecule has 0 unspecified atom stereocenters. The van der Waals surface area contributed by atoms with Gasteiger partial charge in [-0.3, -0.25) is 0 Å². The molecular formula is C6HBrClF3O2S. The van der Waals surface area contributed by atoms with Crippen molar-refractivity contribution < 1.29 is 21.6 Å². The van der Waals surface area contributed by atoms with Gasteiger partial charge in [-0.25, -0.2) is 21.6 Å². The Labute approximate surface area is 90.2 Å². The van der Waals surface area contributed by atoms with Crippen molar-refractivity contribution in [2.45, 2.75) is 4.90 Å². The summed E-state index contributed by atoms with van der Waals surface area (Å²) in [5, 5.41) is 0. The van der Waals surface area contributed by atoms with Crippen LogP contribution in [-0.4, -0.2) is 8.42 Å². The van der Waals surface area contributed by atoms with E-state index in [0.29, 0.717) is 6.07 Å². The molecular weight excluding hydrogens is 308 g/mol. The smallest absolute Gasteiger partial charge is 0.207 e. The standard InChI is InChI=1S/C6HBrClF3O2S/c7-4-3(14(8,12)13)1-2(9)5(10)6(4)11/h1H. The summed E-state index contributed by atoms with van der Waals surface area (Å²) < 4.78 is 58.7. The zero-order valence-corrected chi connectivity index (χ0v) is 9.35. The van der Waals surface area contributed by atoms with Crippen LogP contribution in [0.25, 0.3) is 0 Å². The predicted octanol–water partition coefficient (Wildman–Crippen LogP) is 2.79. The second kappa shape index (κ2) is 3.71. The Morgan fingerprint density at radius 2 is 1.71 bits per heavy atom. The fourth-order valence-corrected chi connectivity index (χ4v) is 2.85. The van der Waals surface area contributed by atoms with Crippen molar-refractivity contribution in [1.29, 1.82) is 0 Å². The monoisotopic (exact) mass is 308 g/mol. The molecule has 0 saturated carbocycles. The van der Waals surface area contributed by atoms with Gasteiger partial charge in [0.05, 0.1) is 4.47 Å². The summed E-state index contributed by atoms with van der Waals surface area (Å²) in [5.41, 5.74) is 0. The van der Waals surface area contributed by atoms with E-state index in [1.807, 2.05) is 0 Å². The molecule has 0 bridgehead atoms. The van der Waals surface area contributed by atoms with Crippen molar-refractivity contribution in [1.82, 2.24) is 0 Å². The molecule has 0 amide bonds. The fourth-order valence-electron chi connectivity index (χ4n) is 0.729. The van der Waals surface area contributed by atoms with Crippen molar-refractivity contribution in [3.8, 4) is 0 Å². The molecule has 0 atom stereocenters. The number of hydrogen-bond acceptors (Lipinski definition) is 2. The molecule has 0 aromatic heterocycles. The van der Waals surface area contributed by atoms with E-state index in [1.54, 1.807) is 0 Å². The molecule has 1 rings (SSSR count). The first-order valence-electron chi connectivity index (χ1n) is 3.03. The molecule has 0 aliphatic carbocycles. The zero-order chi connectivity index (χ0) is 11.1. The highest BCUT2D eigenvalue weighted by atomic mass is 79.9. The maximum Gasteiger partial charge on any atom is 0.262 e. The normalized spacial score (nSPS) is 11.8. The van der Waals surface area contributed by atoms with Gasteiger partial charge < -0.3 is 0 Å². The van der Waals surface area contributed by atoms with Crippen molar-refractivity contribution >= 4 is 35.7 Å². The van der Waals surface area contributed by atoms with Gasteiger partial charge in [0.1, 0.15) is 4.90 Å². The summed E-state index contributed by atoms with van der Waals surface area (Å²) in [6.45, 7) is 0. The highest BCUT2D eigenvalue weighted by Gasteiger charge is 2.23. The van der Waals surface area contributed by atoms with Crippen LogP contribution in [0.2, 0.25) is 0 Å². The number of benzene rings is 1. The molecule has 0 saturated heterocycles. The van der Waals surface area contributed by atoms with Gasteiger partial charge in [0.15, 0.2) is 17.5 Å². The molecule has 0 aliphatic rings. The Morgan fingerprint density at radius 1 is 1.21 bits per heavy atom. The number of halogens is 5. The summed E-state index contributed by atoms with van der Waals surface area (Å²) in [6, 6.07) is 0.296. The summed E-state index contributed by atoms with van der Waals surface area (Å²) in [6.07, 6.45) is 0. The van der Waals surface area contributed by atoms with E-state index in [1.165, 1.54) is 0 Å². The molecule has 0 radical (unpaired) electrons. The van der Waals surface area contributed by atoms with Crippen LogP contribution in [0, 0.1) is 17.5 Å². The van der Waals surface area contributed by atoms with Crippen LogP contribution in [0.15, 0.2) is 15.4 Å². The molecule has 2 nitrogen and oxygen atoms in total. The molecule has 1 aromatic carbocycles. The van der Waals surface area contributed by atoms with Gasteiger partial charge in [-0.15, -0.1) is 0 Å². The van der Waals surface area contributed by atoms with E-state index in [9.17, 15) is 21.6 Å². The van der Waals surface area contributed by atoms with Crippen LogP contribution in [0.4, 0.5) is 13.2 Å². The van der Waals surface area contributed by atoms with E-state index in [0.717, 1.165) is 0 Å². The highest BCUT2D eigenvalue weighted by Crippen LogP contribution is 2.30. The van der Waals surface area contributed by atoms with Gasteiger partial charge >= 0.3 is 0 Å². The van der Waals surface area contributed by atoms with E-state index in [-0.39, 0.29) is 0 Å². The second-order valence-corrected chi connectivity index (χ2v) is 5.56. The van der Waals surface area contributed by atoms with E-state index < -0.39 is 35.9 Å². The van der Waals surface area contributed by atoms with Crippen LogP contribution >= 0.6 is 26.6 Å². The third-order valence-electron chi connectivity index (χ3n) is 1.33. The summed E-state index contributed by atoms with van der Waals surface area (Å²) >= 11 is 2.46. The Morgan fingerprint density at radius 3 is 2.14 bits per heavy atom. The van der Waals surface area contributed by atoms with Crippen molar-refractivity contribution in [3.05, 3.63) is 28.0 Å². The first-order valence-corrected chi connectivity index (χ1v) is 6.13. The predicted molar refractivity (Wildman–Crippen MR) is 47.1 cm³/mol. The molecule has 0 heterocycles. The lowest BCUT2D eigenvalue weighted by molar-refractivity contribution is 0.439. The number of hydrogen-bond donors (Lipinski definition) is 0. The Balaban J connectivity index is 3.66. The van der Waals surface area contributed by atoms with Crippen molar-refractivity contribution in [2.75, 3.05) is 0 Å². The molecule has 78 valence electrons. The maximum absolute atomic E-state index is 12.8. The summed E-state index contributed by atoms with van der Waals surface area (Å²) in [4.78, 5) is -0.851. The van der Waals surface area contributed by atoms with Crippen LogP contribution < -0.4 is 0 Å². The van der Waals surface area contributed by atoms with Crippen LogP contribution in [0.3, 0.4) is 0 Å². The first-order chi connectivity index (χ1) is 6.25. The van der Waals surface area contributed by atoms with Crippen molar-refractivity contribution in [2.24, 2.45) is 0 Å². The number of rotatable bonds is 1. The third-order valence-corrected chi connectivity index (χ3v) is 3.72. The lowest BCUT2D eigenvalue weighted by atomic mass is 10.3.